The highest BCUT2D eigenvalue weighted by atomic mass is 16.3. The number of rotatable bonds is 1. The molecule has 0 radical (unpaired) electrons. The van der Waals surface area contributed by atoms with Crippen molar-refractivity contribution in [2.75, 3.05) is 20.1 Å². The van der Waals surface area contributed by atoms with Crippen LogP contribution in [0.25, 0.3) is 0 Å². The maximum absolute atomic E-state index is 10.5. The zero-order valence-electron chi connectivity index (χ0n) is 8.63. The summed E-state index contributed by atoms with van der Waals surface area (Å²) in [7, 11) is 2.16. The predicted octanol–water partition coefficient (Wildman–Crippen LogP) is 1.63. The Morgan fingerprint density at radius 2 is 1.92 bits per heavy atom. The Balaban J connectivity index is 1.95. The van der Waals surface area contributed by atoms with Crippen molar-refractivity contribution in [3.05, 3.63) is 0 Å². The summed E-state index contributed by atoms with van der Waals surface area (Å²) in [6.07, 6.45) is 7.06. The smallest absolute Gasteiger partial charge is 0.0688 e. The van der Waals surface area contributed by atoms with Crippen molar-refractivity contribution in [3.8, 4) is 0 Å². The molecule has 2 fully saturated rings. The first-order valence-corrected chi connectivity index (χ1v) is 5.62. The average Bonchev–Trinajstić information content (AvgIpc) is 2.11. The highest BCUT2D eigenvalue weighted by molar-refractivity contribution is 4.93. The lowest BCUT2D eigenvalue weighted by Gasteiger charge is -2.41. The third kappa shape index (κ3) is 1.89. The second kappa shape index (κ2) is 3.58. The highest BCUT2D eigenvalue weighted by Gasteiger charge is 2.40. The molecule has 1 saturated carbocycles. The first-order chi connectivity index (χ1) is 6.21. The van der Waals surface area contributed by atoms with E-state index in [4.69, 9.17) is 0 Å². The molecule has 2 aliphatic rings. The van der Waals surface area contributed by atoms with Crippen molar-refractivity contribution in [1.82, 2.24) is 4.90 Å². The minimum atomic E-state index is -0.303. The van der Waals surface area contributed by atoms with Crippen molar-refractivity contribution in [3.63, 3.8) is 0 Å². The number of aliphatic hydroxyl groups is 1. The molecule has 1 N–H and O–H groups in total. The monoisotopic (exact) mass is 183 g/mol. The topological polar surface area (TPSA) is 23.5 Å². The molecular formula is C11H21NO. The van der Waals surface area contributed by atoms with Gasteiger partial charge in [-0.25, -0.2) is 0 Å². The van der Waals surface area contributed by atoms with Gasteiger partial charge < -0.3 is 10.0 Å². The molecule has 0 aromatic heterocycles. The van der Waals surface area contributed by atoms with Gasteiger partial charge in [-0.2, -0.15) is 0 Å². The van der Waals surface area contributed by atoms with Gasteiger partial charge in [0, 0.05) is 6.54 Å². The zero-order chi connectivity index (χ0) is 9.31. The van der Waals surface area contributed by atoms with Gasteiger partial charge in [0.05, 0.1) is 5.60 Å². The summed E-state index contributed by atoms with van der Waals surface area (Å²) in [6.45, 7) is 2.24. The molecule has 0 bridgehead atoms. The van der Waals surface area contributed by atoms with Crippen LogP contribution < -0.4 is 0 Å². The number of hydrogen-bond acceptors (Lipinski definition) is 2. The molecule has 0 aromatic carbocycles. The Bertz CT molecular complexity index is 179. The molecule has 2 nitrogen and oxygen atoms in total. The van der Waals surface area contributed by atoms with Crippen LogP contribution in [0.3, 0.4) is 0 Å². The van der Waals surface area contributed by atoms with Crippen LogP contribution >= 0.6 is 0 Å². The summed E-state index contributed by atoms with van der Waals surface area (Å²) in [6, 6.07) is 0. The van der Waals surface area contributed by atoms with E-state index in [9.17, 15) is 5.11 Å². The largest absolute Gasteiger partial charge is 0.390 e. The van der Waals surface area contributed by atoms with E-state index in [0.717, 1.165) is 25.9 Å². The second-order valence-electron chi connectivity index (χ2n) is 4.89. The van der Waals surface area contributed by atoms with E-state index in [2.05, 4.69) is 11.9 Å². The minimum absolute atomic E-state index is 0.303. The molecule has 0 spiro atoms. The van der Waals surface area contributed by atoms with Crippen LogP contribution in [0.1, 0.15) is 38.5 Å². The fourth-order valence-corrected chi connectivity index (χ4v) is 2.63. The third-order valence-electron chi connectivity index (χ3n) is 3.94. The van der Waals surface area contributed by atoms with Gasteiger partial charge in [-0.3, -0.25) is 0 Å². The summed E-state index contributed by atoms with van der Waals surface area (Å²) in [5.41, 5.74) is -0.303. The van der Waals surface area contributed by atoms with E-state index < -0.39 is 0 Å². The summed E-state index contributed by atoms with van der Waals surface area (Å²) in [4.78, 5) is 2.34. The van der Waals surface area contributed by atoms with Crippen LogP contribution in [0.4, 0.5) is 0 Å². The Morgan fingerprint density at radius 1 is 1.15 bits per heavy atom. The Labute approximate surface area is 80.9 Å². The van der Waals surface area contributed by atoms with Crippen LogP contribution in [0, 0.1) is 5.92 Å². The molecule has 1 atom stereocenters. The molecular weight excluding hydrogens is 162 g/mol. The van der Waals surface area contributed by atoms with Gasteiger partial charge in [-0.1, -0.05) is 6.42 Å². The van der Waals surface area contributed by atoms with Crippen LogP contribution in [-0.4, -0.2) is 35.7 Å². The first-order valence-electron chi connectivity index (χ1n) is 5.62. The summed E-state index contributed by atoms with van der Waals surface area (Å²) in [5, 5.41) is 10.5. The van der Waals surface area contributed by atoms with E-state index in [0.29, 0.717) is 5.92 Å². The van der Waals surface area contributed by atoms with Gasteiger partial charge in [-0.15, -0.1) is 0 Å². The van der Waals surface area contributed by atoms with Crippen molar-refractivity contribution in [1.29, 1.82) is 0 Å². The van der Waals surface area contributed by atoms with E-state index in [1.807, 2.05) is 0 Å². The number of hydrogen-bond donors (Lipinski definition) is 1. The zero-order valence-corrected chi connectivity index (χ0v) is 8.63. The molecule has 13 heavy (non-hydrogen) atoms. The van der Waals surface area contributed by atoms with E-state index in [1.165, 1.54) is 25.7 Å². The molecule has 1 saturated heterocycles. The molecule has 1 heterocycles. The van der Waals surface area contributed by atoms with Crippen LogP contribution in [0.15, 0.2) is 0 Å². The fraction of sp³-hybridized carbons (Fsp3) is 1.00. The van der Waals surface area contributed by atoms with Gasteiger partial charge in [-0.05, 0) is 51.6 Å². The standard InChI is InChI=1S/C11H21NO/c1-12-8-3-6-11(13,7-9-12)10-4-2-5-10/h10,13H,2-9H2,1H3. The lowest BCUT2D eigenvalue weighted by Crippen LogP contribution is -2.42. The van der Waals surface area contributed by atoms with E-state index in [1.54, 1.807) is 0 Å². The van der Waals surface area contributed by atoms with E-state index >= 15 is 0 Å². The SMILES string of the molecule is CN1CCCC(O)(C2CCC2)CC1. The van der Waals surface area contributed by atoms with Gasteiger partial charge >= 0.3 is 0 Å². The highest BCUT2D eigenvalue weighted by Crippen LogP contribution is 2.41. The molecule has 0 aromatic rings. The van der Waals surface area contributed by atoms with Crippen LogP contribution in [-0.2, 0) is 0 Å². The van der Waals surface area contributed by atoms with Gasteiger partial charge in [0.25, 0.3) is 0 Å². The normalized spacial score (nSPS) is 38.3. The molecule has 2 rings (SSSR count). The fourth-order valence-electron chi connectivity index (χ4n) is 2.63. The minimum Gasteiger partial charge on any atom is -0.390 e. The molecule has 1 aliphatic carbocycles. The Hall–Kier alpha value is -0.0800. The summed E-state index contributed by atoms with van der Waals surface area (Å²) < 4.78 is 0. The third-order valence-corrected chi connectivity index (χ3v) is 3.94. The molecule has 76 valence electrons. The lowest BCUT2D eigenvalue weighted by atomic mass is 9.70. The van der Waals surface area contributed by atoms with Crippen molar-refractivity contribution < 1.29 is 5.11 Å². The maximum atomic E-state index is 10.5. The predicted molar refractivity (Wildman–Crippen MR) is 53.6 cm³/mol. The second-order valence-corrected chi connectivity index (χ2v) is 4.89. The van der Waals surface area contributed by atoms with Crippen LogP contribution in [0.5, 0.6) is 0 Å². The number of nitrogens with zero attached hydrogens (tertiary/aromatic N) is 1. The molecule has 0 amide bonds. The summed E-state index contributed by atoms with van der Waals surface area (Å²) >= 11 is 0. The lowest BCUT2D eigenvalue weighted by molar-refractivity contribution is -0.0605. The molecule has 1 unspecified atom stereocenters. The average molecular weight is 183 g/mol. The number of likely N-dealkylation sites (tertiary alicyclic amines) is 1. The summed E-state index contributed by atoms with van der Waals surface area (Å²) in [5.74, 6) is 0.624. The Morgan fingerprint density at radius 3 is 2.54 bits per heavy atom. The first kappa shape index (κ1) is 9.47. The molecule has 1 aliphatic heterocycles. The van der Waals surface area contributed by atoms with Crippen molar-refractivity contribution in [2.45, 2.75) is 44.1 Å². The Kier molecular flexibility index (Phi) is 2.61. The quantitative estimate of drug-likeness (QED) is 0.668. The van der Waals surface area contributed by atoms with Crippen molar-refractivity contribution in [2.24, 2.45) is 5.92 Å². The van der Waals surface area contributed by atoms with Gasteiger partial charge in [0.2, 0.25) is 0 Å². The van der Waals surface area contributed by atoms with E-state index in [-0.39, 0.29) is 5.60 Å². The van der Waals surface area contributed by atoms with Crippen molar-refractivity contribution >= 4 is 0 Å². The van der Waals surface area contributed by atoms with Crippen LogP contribution in [0.2, 0.25) is 0 Å². The molecule has 2 heteroatoms. The maximum Gasteiger partial charge on any atom is 0.0688 e. The van der Waals surface area contributed by atoms with Gasteiger partial charge in [0.15, 0.2) is 0 Å². The van der Waals surface area contributed by atoms with Gasteiger partial charge in [0.1, 0.15) is 0 Å².